The third-order valence-corrected chi connectivity index (χ3v) is 3.12. The van der Waals surface area contributed by atoms with Gasteiger partial charge in [-0.25, -0.2) is 13.2 Å². The molecular weight excluding hydrogens is 267 g/mol. The summed E-state index contributed by atoms with van der Waals surface area (Å²) in [5.74, 6) is -26.9. The highest BCUT2D eigenvalue weighted by atomic mass is 19.4. The van der Waals surface area contributed by atoms with Crippen LogP contribution >= 0.6 is 0 Å². The van der Waals surface area contributed by atoms with E-state index in [-0.39, 0.29) is 6.92 Å². The lowest BCUT2D eigenvalue weighted by atomic mass is 9.70. The Labute approximate surface area is 89.8 Å². The summed E-state index contributed by atoms with van der Waals surface area (Å²) in [6.07, 6.45) is 0. The van der Waals surface area contributed by atoms with Crippen molar-refractivity contribution >= 4 is 0 Å². The summed E-state index contributed by atoms with van der Waals surface area (Å²) in [5, 5.41) is 0. The molecule has 1 saturated carbocycles. The first-order valence-electron chi connectivity index (χ1n) is 4.36. The predicted molar refractivity (Wildman–Crippen MR) is 38.5 cm³/mol. The van der Waals surface area contributed by atoms with Crippen LogP contribution in [0.2, 0.25) is 0 Å². The monoisotopic (exact) mass is 274 g/mol. The van der Waals surface area contributed by atoms with E-state index in [9.17, 15) is 39.5 Å². The second-order valence-corrected chi connectivity index (χ2v) is 4.12. The van der Waals surface area contributed by atoms with Gasteiger partial charge in [0.05, 0.1) is 5.92 Å². The molecule has 2 unspecified atom stereocenters. The topological polar surface area (TPSA) is 0 Å². The SMILES string of the molecule is CC1C(F)(F)C(C)(F)C(F)(F)C(F)(F)C1(F)F. The summed E-state index contributed by atoms with van der Waals surface area (Å²) in [5.41, 5.74) is -5.06. The second-order valence-electron chi connectivity index (χ2n) is 4.12. The first-order valence-corrected chi connectivity index (χ1v) is 4.36. The average molecular weight is 274 g/mol. The summed E-state index contributed by atoms with van der Waals surface area (Å²) >= 11 is 0. The Morgan fingerprint density at radius 2 is 1.00 bits per heavy atom. The van der Waals surface area contributed by atoms with Crippen LogP contribution in [0, 0.1) is 5.92 Å². The van der Waals surface area contributed by atoms with Crippen molar-refractivity contribution in [1.29, 1.82) is 0 Å². The summed E-state index contributed by atoms with van der Waals surface area (Å²) in [7, 11) is 0. The fraction of sp³-hybridized carbons (Fsp3) is 1.00. The molecule has 1 rings (SSSR count). The van der Waals surface area contributed by atoms with E-state index in [0.29, 0.717) is 0 Å². The van der Waals surface area contributed by atoms with Gasteiger partial charge >= 0.3 is 17.8 Å². The molecule has 1 aliphatic carbocycles. The molecule has 17 heavy (non-hydrogen) atoms. The average Bonchev–Trinajstić information content (AvgIpc) is 2.13. The van der Waals surface area contributed by atoms with E-state index in [0.717, 1.165) is 0 Å². The van der Waals surface area contributed by atoms with Crippen molar-refractivity contribution in [2.24, 2.45) is 5.92 Å². The number of alkyl halides is 9. The highest BCUT2D eigenvalue weighted by Crippen LogP contribution is 2.65. The summed E-state index contributed by atoms with van der Waals surface area (Å²) in [4.78, 5) is 0. The normalized spacial score (nSPS) is 42.2. The second kappa shape index (κ2) is 3.03. The zero-order chi connectivity index (χ0) is 14.1. The maximum absolute atomic E-state index is 13.2. The Hall–Kier alpha value is -0.630. The zero-order valence-electron chi connectivity index (χ0n) is 8.48. The molecule has 0 saturated heterocycles. The van der Waals surface area contributed by atoms with Gasteiger partial charge in [0.15, 0.2) is 0 Å². The van der Waals surface area contributed by atoms with Crippen molar-refractivity contribution in [2.45, 2.75) is 43.2 Å². The molecule has 2 atom stereocenters. The fourth-order valence-electron chi connectivity index (χ4n) is 1.62. The molecule has 1 fully saturated rings. The molecule has 0 spiro atoms. The summed E-state index contributed by atoms with van der Waals surface area (Å²) in [6, 6.07) is 0. The van der Waals surface area contributed by atoms with Gasteiger partial charge in [-0.15, -0.1) is 0 Å². The van der Waals surface area contributed by atoms with E-state index in [2.05, 4.69) is 0 Å². The van der Waals surface area contributed by atoms with Gasteiger partial charge in [0, 0.05) is 0 Å². The van der Waals surface area contributed by atoms with E-state index in [1.165, 1.54) is 0 Å². The Balaban J connectivity index is 3.56. The predicted octanol–water partition coefficient (Wildman–Crippen LogP) is 3.91. The molecule has 0 aromatic rings. The van der Waals surface area contributed by atoms with Gasteiger partial charge in [0.25, 0.3) is 5.92 Å². The van der Waals surface area contributed by atoms with E-state index in [1.807, 2.05) is 0 Å². The maximum atomic E-state index is 13.2. The van der Waals surface area contributed by atoms with Gasteiger partial charge in [-0.05, 0) is 6.92 Å². The Kier molecular flexibility index (Phi) is 2.57. The van der Waals surface area contributed by atoms with Crippen LogP contribution in [-0.2, 0) is 0 Å². The highest BCUT2D eigenvalue weighted by molar-refractivity contribution is 5.20. The van der Waals surface area contributed by atoms with Crippen molar-refractivity contribution in [3.63, 3.8) is 0 Å². The fourth-order valence-corrected chi connectivity index (χ4v) is 1.62. The van der Waals surface area contributed by atoms with Crippen LogP contribution in [0.1, 0.15) is 13.8 Å². The van der Waals surface area contributed by atoms with Crippen molar-refractivity contribution in [3.05, 3.63) is 0 Å². The molecular formula is C8H7F9. The summed E-state index contributed by atoms with van der Waals surface area (Å²) in [6.45, 7) is -0.604. The van der Waals surface area contributed by atoms with Crippen LogP contribution in [-0.4, -0.2) is 29.4 Å². The van der Waals surface area contributed by atoms with Crippen molar-refractivity contribution in [3.8, 4) is 0 Å². The van der Waals surface area contributed by atoms with Crippen LogP contribution in [0.15, 0.2) is 0 Å². The van der Waals surface area contributed by atoms with Gasteiger partial charge in [0.1, 0.15) is 0 Å². The molecule has 0 nitrogen and oxygen atoms in total. The number of hydrogen-bond donors (Lipinski definition) is 0. The molecule has 0 heterocycles. The Morgan fingerprint density at radius 1 is 0.647 bits per heavy atom. The van der Waals surface area contributed by atoms with E-state index in [1.54, 1.807) is 0 Å². The zero-order valence-corrected chi connectivity index (χ0v) is 8.48. The molecule has 0 bridgehead atoms. The Bertz CT molecular complexity index is 300. The number of halogens is 9. The largest absolute Gasteiger partial charge is 0.375 e. The van der Waals surface area contributed by atoms with Crippen LogP contribution in [0.4, 0.5) is 39.5 Å². The molecule has 9 heteroatoms. The lowest BCUT2D eigenvalue weighted by molar-refractivity contribution is -0.431. The first kappa shape index (κ1) is 14.4. The van der Waals surface area contributed by atoms with Crippen LogP contribution in [0.25, 0.3) is 0 Å². The minimum Gasteiger partial charge on any atom is -0.230 e. The molecule has 1 aliphatic rings. The maximum Gasteiger partial charge on any atom is 0.375 e. The molecule has 102 valence electrons. The molecule has 0 amide bonds. The van der Waals surface area contributed by atoms with Crippen LogP contribution in [0.5, 0.6) is 0 Å². The Morgan fingerprint density at radius 3 is 1.35 bits per heavy atom. The quantitative estimate of drug-likeness (QED) is 0.587. The van der Waals surface area contributed by atoms with Crippen molar-refractivity contribution in [1.82, 2.24) is 0 Å². The highest BCUT2D eigenvalue weighted by Gasteiger charge is 2.91. The molecule has 0 aromatic carbocycles. The minimum atomic E-state index is -6.19. The van der Waals surface area contributed by atoms with Gasteiger partial charge < -0.3 is 0 Å². The lowest BCUT2D eigenvalue weighted by Crippen LogP contribution is -2.77. The smallest absolute Gasteiger partial charge is 0.230 e. The third kappa shape index (κ3) is 1.22. The molecule has 0 N–H and O–H groups in total. The minimum absolute atomic E-state index is 0.0962. The van der Waals surface area contributed by atoms with E-state index >= 15 is 0 Å². The molecule has 0 radical (unpaired) electrons. The lowest BCUT2D eigenvalue weighted by Gasteiger charge is -2.51. The van der Waals surface area contributed by atoms with E-state index in [4.69, 9.17) is 0 Å². The van der Waals surface area contributed by atoms with E-state index < -0.39 is 42.2 Å². The number of rotatable bonds is 0. The van der Waals surface area contributed by atoms with Crippen LogP contribution in [0.3, 0.4) is 0 Å². The molecule has 0 aliphatic heterocycles. The van der Waals surface area contributed by atoms with Crippen molar-refractivity contribution in [2.75, 3.05) is 0 Å². The van der Waals surface area contributed by atoms with Gasteiger partial charge in [0.2, 0.25) is 5.67 Å². The standard InChI is InChI=1S/C8H7F9/c1-3-5(10,11)4(2,9)7(14,15)8(16,17)6(3,12)13/h3H,1-2H3. The van der Waals surface area contributed by atoms with Gasteiger partial charge in [-0.2, -0.15) is 26.3 Å². The van der Waals surface area contributed by atoms with Crippen LogP contribution < -0.4 is 0 Å². The summed E-state index contributed by atoms with van der Waals surface area (Å²) < 4.78 is 116. The third-order valence-electron chi connectivity index (χ3n) is 3.12. The first-order chi connectivity index (χ1) is 7.15. The molecule has 0 aromatic heterocycles. The number of hydrogen-bond acceptors (Lipinski definition) is 0. The van der Waals surface area contributed by atoms with Crippen molar-refractivity contribution < 1.29 is 39.5 Å². The van der Waals surface area contributed by atoms with Gasteiger partial charge in [-0.3, -0.25) is 0 Å². The van der Waals surface area contributed by atoms with Gasteiger partial charge in [-0.1, -0.05) is 6.92 Å².